The third-order valence-electron chi connectivity index (χ3n) is 4.66. The van der Waals surface area contributed by atoms with Gasteiger partial charge in [0, 0.05) is 30.9 Å². The second-order valence-corrected chi connectivity index (χ2v) is 7.09. The van der Waals surface area contributed by atoms with Crippen LogP contribution in [0.1, 0.15) is 39.5 Å². The van der Waals surface area contributed by atoms with Crippen LogP contribution in [0.2, 0.25) is 0 Å². The molecule has 1 aromatic carbocycles. The molecule has 0 aliphatic carbocycles. The first-order chi connectivity index (χ1) is 14.4. The van der Waals surface area contributed by atoms with Crippen LogP contribution in [0, 0.1) is 0 Å². The van der Waals surface area contributed by atoms with E-state index in [0.717, 1.165) is 12.8 Å². The minimum atomic E-state index is -0.742. The summed E-state index contributed by atoms with van der Waals surface area (Å²) in [5, 5.41) is 8.24. The van der Waals surface area contributed by atoms with Gasteiger partial charge in [0.05, 0.1) is 19.6 Å². The molecule has 3 amide bonds. The molecule has 1 aliphatic heterocycles. The molecule has 1 atom stereocenters. The lowest BCUT2D eigenvalue weighted by atomic mass is 10.1. The number of carbonyl (C=O) groups excluding carboxylic acids is 4. The molecule has 1 aromatic rings. The lowest BCUT2D eigenvalue weighted by Crippen LogP contribution is -2.57. The number of anilines is 2. The number of piperazine rings is 1. The fourth-order valence-electron chi connectivity index (χ4n) is 3.03. The number of ether oxygens (including phenoxy) is 1. The molecule has 0 saturated carbocycles. The summed E-state index contributed by atoms with van der Waals surface area (Å²) in [5.41, 5.74) is 1.12. The largest absolute Gasteiger partial charge is 0.466 e. The molecule has 1 saturated heterocycles. The maximum absolute atomic E-state index is 12.5. The van der Waals surface area contributed by atoms with Gasteiger partial charge in [-0.1, -0.05) is 26.3 Å². The molecule has 0 radical (unpaired) electrons. The summed E-state index contributed by atoms with van der Waals surface area (Å²) in [4.78, 5) is 50.0. The Labute approximate surface area is 176 Å². The monoisotopic (exact) mass is 418 g/mol. The first-order valence-corrected chi connectivity index (χ1v) is 10.3. The van der Waals surface area contributed by atoms with E-state index in [1.54, 1.807) is 36.1 Å². The van der Waals surface area contributed by atoms with Crippen LogP contribution >= 0.6 is 0 Å². The normalized spacial score (nSPS) is 16.5. The zero-order valence-corrected chi connectivity index (χ0v) is 17.5. The Kier molecular flexibility index (Phi) is 9.27. The second-order valence-electron chi connectivity index (χ2n) is 7.09. The van der Waals surface area contributed by atoms with Crippen molar-refractivity contribution in [3.05, 3.63) is 24.3 Å². The second kappa shape index (κ2) is 11.9. The zero-order valence-electron chi connectivity index (χ0n) is 17.5. The van der Waals surface area contributed by atoms with Crippen LogP contribution in [0.15, 0.2) is 24.3 Å². The predicted octanol–water partition coefficient (Wildman–Crippen LogP) is 1.51. The molecule has 1 heterocycles. The average molecular weight is 418 g/mol. The van der Waals surface area contributed by atoms with Gasteiger partial charge in [-0.3, -0.25) is 24.1 Å². The fourth-order valence-corrected chi connectivity index (χ4v) is 3.03. The molecule has 0 aromatic heterocycles. The molecule has 30 heavy (non-hydrogen) atoms. The number of hydrogen-bond donors (Lipinski definition) is 3. The molecule has 9 nitrogen and oxygen atoms in total. The number of rotatable bonds is 10. The molecular weight excluding hydrogens is 388 g/mol. The summed E-state index contributed by atoms with van der Waals surface area (Å²) in [5.74, 6) is -1.17. The number of esters is 1. The predicted molar refractivity (Wildman–Crippen MR) is 113 cm³/mol. The number of carbonyl (C=O) groups is 4. The van der Waals surface area contributed by atoms with Crippen molar-refractivity contribution in [1.82, 2.24) is 10.2 Å². The Hall–Kier alpha value is -2.94. The van der Waals surface area contributed by atoms with Crippen LogP contribution in [0.5, 0.6) is 0 Å². The summed E-state index contributed by atoms with van der Waals surface area (Å²) in [6.07, 6.45) is 1.94. The Balaban J connectivity index is 1.94. The summed E-state index contributed by atoms with van der Waals surface area (Å²) in [7, 11) is 0. The molecule has 9 heteroatoms. The van der Waals surface area contributed by atoms with Crippen LogP contribution in [-0.4, -0.2) is 60.9 Å². The van der Waals surface area contributed by atoms with E-state index < -0.39 is 12.0 Å². The van der Waals surface area contributed by atoms with Crippen LogP contribution < -0.4 is 16.0 Å². The highest BCUT2D eigenvalue weighted by molar-refractivity contribution is 5.95. The Morgan fingerprint density at radius 2 is 1.87 bits per heavy atom. The van der Waals surface area contributed by atoms with E-state index >= 15 is 0 Å². The number of hydrogen-bond acceptors (Lipinski definition) is 6. The third-order valence-corrected chi connectivity index (χ3v) is 4.66. The van der Waals surface area contributed by atoms with Crippen LogP contribution in [0.4, 0.5) is 11.4 Å². The van der Waals surface area contributed by atoms with E-state index in [2.05, 4.69) is 16.0 Å². The van der Waals surface area contributed by atoms with Gasteiger partial charge in [-0.05, 0) is 24.6 Å². The van der Waals surface area contributed by atoms with Crippen LogP contribution in [-0.2, 0) is 23.9 Å². The van der Waals surface area contributed by atoms with E-state index in [1.807, 2.05) is 6.92 Å². The van der Waals surface area contributed by atoms with Crippen molar-refractivity contribution in [2.24, 2.45) is 0 Å². The Morgan fingerprint density at radius 3 is 2.53 bits per heavy atom. The van der Waals surface area contributed by atoms with Gasteiger partial charge in [0.1, 0.15) is 6.04 Å². The molecule has 2 rings (SSSR count). The highest BCUT2D eigenvalue weighted by Gasteiger charge is 2.33. The van der Waals surface area contributed by atoms with E-state index in [0.29, 0.717) is 37.5 Å². The molecule has 3 N–H and O–H groups in total. The average Bonchev–Trinajstić information content (AvgIpc) is 2.71. The lowest BCUT2D eigenvalue weighted by Gasteiger charge is -2.33. The molecule has 0 spiro atoms. The number of amides is 3. The number of benzene rings is 1. The molecule has 0 bridgehead atoms. The number of unbranched alkanes of at least 4 members (excludes halogenated alkanes) is 1. The van der Waals surface area contributed by atoms with Gasteiger partial charge >= 0.3 is 5.97 Å². The first-order valence-electron chi connectivity index (χ1n) is 10.3. The SMILES string of the molecule is CCCCOC(=O)CC1C(=O)NCCN1CC(=O)Nc1cccc(NC(=O)CC)c1. The summed E-state index contributed by atoms with van der Waals surface area (Å²) in [6, 6.07) is 6.10. The van der Waals surface area contributed by atoms with Gasteiger partial charge in [-0.25, -0.2) is 0 Å². The van der Waals surface area contributed by atoms with Crippen molar-refractivity contribution in [2.75, 3.05) is 36.9 Å². The van der Waals surface area contributed by atoms with Gasteiger partial charge < -0.3 is 20.7 Å². The minimum absolute atomic E-state index is 0.0358. The number of nitrogens with one attached hydrogen (secondary N) is 3. The van der Waals surface area contributed by atoms with Gasteiger partial charge in [0.25, 0.3) is 0 Å². The van der Waals surface area contributed by atoms with Crippen molar-refractivity contribution < 1.29 is 23.9 Å². The van der Waals surface area contributed by atoms with Gasteiger partial charge in [-0.2, -0.15) is 0 Å². The molecule has 1 unspecified atom stereocenters. The van der Waals surface area contributed by atoms with Gasteiger partial charge in [0.15, 0.2) is 0 Å². The van der Waals surface area contributed by atoms with Crippen LogP contribution in [0.25, 0.3) is 0 Å². The van der Waals surface area contributed by atoms with Gasteiger partial charge in [-0.15, -0.1) is 0 Å². The van der Waals surface area contributed by atoms with E-state index in [4.69, 9.17) is 4.74 Å². The Bertz CT molecular complexity index is 768. The van der Waals surface area contributed by atoms with Crippen molar-refractivity contribution in [2.45, 2.75) is 45.6 Å². The maximum atomic E-state index is 12.5. The molecule has 1 aliphatic rings. The number of nitrogens with zero attached hydrogens (tertiary/aromatic N) is 1. The molecule has 1 fully saturated rings. The standard InChI is InChI=1S/C21H30N4O5/c1-3-5-11-30-20(28)13-17-21(29)22-9-10-25(17)14-19(27)24-16-8-6-7-15(12-16)23-18(26)4-2/h6-8,12,17H,3-5,9-11,13-14H2,1-2H3,(H,22,29)(H,23,26)(H,24,27). The quantitative estimate of drug-likeness (QED) is 0.392. The first kappa shape index (κ1) is 23.3. The van der Waals surface area contributed by atoms with Gasteiger partial charge in [0.2, 0.25) is 17.7 Å². The topological polar surface area (TPSA) is 117 Å². The Morgan fingerprint density at radius 1 is 1.17 bits per heavy atom. The van der Waals surface area contributed by atoms with Crippen molar-refractivity contribution in [1.29, 1.82) is 0 Å². The third kappa shape index (κ3) is 7.47. The van der Waals surface area contributed by atoms with Crippen molar-refractivity contribution in [3.63, 3.8) is 0 Å². The van der Waals surface area contributed by atoms with Crippen LogP contribution in [0.3, 0.4) is 0 Å². The minimum Gasteiger partial charge on any atom is -0.466 e. The van der Waals surface area contributed by atoms with E-state index in [1.165, 1.54) is 0 Å². The van der Waals surface area contributed by atoms with E-state index in [9.17, 15) is 19.2 Å². The molecular formula is C21H30N4O5. The highest BCUT2D eigenvalue weighted by Crippen LogP contribution is 2.16. The summed E-state index contributed by atoms with van der Waals surface area (Å²) in [6.45, 7) is 4.91. The lowest BCUT2D eigenvalue weighted by molar-refractivity contribution is -0.149. The summed E-state index contributed by atoms with van der Waals surface area (Å²) >= 11 is 0. The zero-order chi connectivity index (χ0) is 21.9. The van der Waals surface area contributed by atoms with Crippen molar-refractivity contribution in [3.8, 4) is 0 Å². The van der Waals surface area contributed by atoms with Crippen molar-refractivity contribution >= 4 is 35.1 Å². The smallest absolute Gasteiger partial charge is 0.307 e. The highest BCUT2D eigenvalue weighted by atomic mass is 16.5. The maximum Gasteiger partial charge on any atom is 0.307 e. The van der Waals surface area contributed by atoms with E-state index in [-0.39, 0.29) is 30.7 Å². The summed E-state index contributed by atoms with van der Waals surface area (Å²) < 4.78 is 5.16. The molecule has 164 valence electrons. The fraction of sp³-hybridized carbons (Fsp3) is 0.524.